The zero-order valence-electron chi connectivity index (χ0n) is 12.1. The van der Waals surface area contributed by atoms with E-state index >= 15 is 0 Å². The predicted molar refractivity (Wildman–Crippen MR) is 84.3 cm³/mol. The van der Waals surface area contributed by atoms with E-state index in [1.54, 1.807) is 6.92 Å². The van der Waals surface area contributed by atoms with Crippen LogP contribution in [0.1, 0.15) is 23.7 Å². The first-order valence-electron chi connectivity index (χ1n) is 6.56. The molecule has 0 aliphatic rings. The highest BCUT2D eigenvalue weighted by atomic mass is 32.2. The molecule has 0 spiro atoms. The van der Waals surface area contributed by atoms with Gasteiger partial charge in [-0.15, -0.1) is 0 Å². The molecule has 2 aromatic rings. The summed E-state index contributed by atoms with van der Waals surface area (Å²) in [5.74, 6) is 0. The summed E-state index contributed by atoms with van der Waals surface area (Å²) in [6.45, 7) is 5.39. The highest BCUT2D eigenvalue weighted by molar-refractivity contribution is 7.91. The van der Waals surface area contributed by atoms with Gasteiger partial charge in [-0.3, -0.25) is 4.79 Å². The van der Waals surface area contributed by atoms with Gasteiger partial charge in [0.05, 0.1) is 0 Å². The minimum absolute atomic E-state index is 0.0594. The number of H-pyrrole nitrogens is 1. The molecule has 0 saturated heterocycles. The van der Waals surface area contributed by atoms with Crippen molar-refractivity contribution < 1.29 is 8.42 Å². The number of aromatic nitrogens is 1. The van der Waals surface area contributed by atoms with Crippen LogP contribution in [0.5, 0.6) is 0 Å². The van der Waals surface area contributed by atoms with Crippen LogP contribution in [0.2, 0.25) is 0 Å². The van der Waals surface area contributed by atoms with Crippen LogP contribution in [-0.4, -0.2) is 19.4 Å². The number of hydrogen-bond acceptors (Lipinski definition) is 4. The summed E-state index contributed by atoms with van der Waals surface area (Å²) in [5.41, 5.74) is 2.61. The zero-order chi connectivity index (χ0) is 15.6. The van der Waals surface area contributed by atoms with Crippen molar-refractivity contribution in [2.45, 2.75) is 37.4 Å². The fourth-order valence-corrected chi connectivity index (χ4v) is 4.74. The van der Waals surface area contributed by atoms with Crippen molar-refractivity contribution in [2.75, 3.05) is 0 Å². The third-order valence-corrected chi connectivity index (χ3v) is 6.36. The quantitative estimate of drug-likeness (QED) is 0.881. The van der Waals surface area contributed by atoms with E-state index in [0.29, 0.717) is 23.5 Å². The summed E-state index contributed by atoms with van der Waals surface area (Å²) >= 11 is 0.711. The number of aryl methyl sites for hydroxylation is 2. The van der Waals surface area contributed by atoms with Gasteiger partial charge in [0.15, 0.2) is 4.21 Å². The minimum atomic E-state index is -3.67. The van der Waals surface area contributed by atoms with E-state index in [4.69, 9.17) is 0 Å². The summed E-state index contributed by atoms with van der Waals surface area (Å²) in [7, 11) is -3.67. The summed E-state index contributed by atoms with van der Waals surface area (Å²) in [6, 6.07) is 7.62. The van der Waals surface area contributed by atoms with Crippen LogP contribution in [0.15, 0.2) is 33.3 Å². The van der Waals surface area contributed by atoms with Gasteiger partial charge in [-0.25, -0.2) is 13.1 Å². The van der Waals surface area contributed by atoms with Crippen LogP contribution in [0.3, 0.4) is 0 Å². The molecule has 0 radical (unpaired) electrons. The lowest BCUT2D eigenvalue weighted by atomic mass is 10.0. The molecule has 1 heterocycles. The molecule has 0 fully saturated rings. The monoisotopic (exact) mass is 326 g/mol. The van der Waals surface area contributed by atoms with Crippen LogP contribution < -0.4 is 9.60 Å². The number of benzene rings is 1. The van der Waals surface area contributed by atoms with E-state index in [9.17, 15) is 13.2 Å². The van der Waals surface area contributed by atoms with Crippen LogP contribution in [0.25, 0.3) is 0 Å². The molecule has 0 bridgehead atoms. The second kappa shape index (κ2) is 6.13. The molecule has 1 unspecified atom stereocenters. The lowest BCUT2D eigenvalue weighted by molar-refractivity contribution is 0.560. The number of aromatic amines is 1. The largest absolute Gasteiger partial charge is 0.315 e. The molecule has 5 nitrogen and oxygen atoms in total. The van der Waals surface area contributed by atoms with E-state index in [0.717, 1.165) is 11.1 Å². The molecule has 114 valence electrons. The molecule has 21 heavy (non-hydrogen) atoms. The molecule has 0 aliphatic heterocycles. The first kappa shape index (κ1) is 15.9. The molecule has 0 saturated carbocycles. The fourth-order valence-electron chi connectivity index (χ4n) is 2.18. The first-order valence-corrected chi connectivity index (χ1v) is 8.86. The molecular weight excluding hydrogens is 308 g/mol. The first-order chi connectivity index (χ1) is 9.79. The SMILES string of the molecule is Cc1ccccc1CC(C)NS(=O)(=O)c1sc(=O)[nH]c1C. The molecule has 2 rings (SSSR count). The number of rotatable bonds is 5. The second-order valence-electron chi connectivity index (χ2n) is 5.08. The average molecular weight is 326 g/mol. The lowest BCUT2D eigenvalue weighted by Gasteiger charge is -2.15. The van der Waals surface area contributed by atoms with Crippen LogP contribution in [0, 0.1) is 13.8 Å². The van der Waals surface area contributed by atoms with Gasteiger partial charge in [-0.05, 0) is 38.3 Å². The maximum atomic E-state index is 12.3. The highest BCUT2D eigenvalue weighted by Gasteiger charge is 2.22. The Morgan fingerprint density at radius 3 is 2.52 bits per heavy atom. The van der Waals surface area contributed by atoms with E-state index < -0.39 is 10.0 Å². The summed E-state index contributed by atoms with van der Waals surface area (Å²) in [4.78, 5) is 13.4. The molecule has 0 aliphatic carbocycles. The van der Waals surface area contributed by atoms with Crippen LogP contribution in [0.4, 0.5) is 0 Å². The van der Waals surface area contributed by atoms with Gasteiger partial charge in [0.1, 0.15) is 0 Å². The van der Waals surface area contributed by atoms with Crippen molar-refractivity contribution in [3.8, 4) is 0 Å². The van der Waals surface area contributed by atoms with E-state index in [1.165, 1.54) is 0 Å². The summed E-state index contributed by atoms with van der Waals surface area (Å²) in [6.07, 6.45) is 0.601. The molecule has 1 aromatic heterocycles. The third-order valence-electron chi connectivity index (χ3n) is 3.17. The van der Waals surface area contributed by atoms with E-state index in [1.807, 2.05) is 38.1 Å². The summed E-state index contributed by atoms with van der Waals surface area (Å²) < 4.78 is 27.3. The number of hydrogen-bond donors (Lipinski definition) is 2. The Balaban J connectivity index is 2.15. The van der Waals surface area contributed by atoms with Crippen molar-refractivity contribution in [1.29, 1.82) is 0 Å². The van der Waals surface area contributed by atoms with Crippen LogP contribution in [-0.2, 0) is 16.4 Å². The maximum Gasteiger partial charge on any atom is 0.305 e. The number of sulfonamides is 1. The number of thiazole rings is 1. The topological polar surface area (TPSA) is 79.0 Å². The molecule has 0 amide bonds. The molecule has 2 N–H and O–H groups in total. The van der Waals surface area contributed by atoms with Crippen molar-refractivity contribution >= 4 is 21.4 Å². The standard InChI is InChI=1S/C14H18N2O3S2/c1-9-6-4-5-7-12(9)8-10(2)16-21(18,19)13-11(3)15-14(17)20-13/h4-7,10,16H,8H2,1-3H3,(H,15,17). The van der Waals surface area contributed by atoms with Gasteiger partial charge in [0.2, 0.25) is 0 Å². The Kier molecular flexibility index (Phi) is 4.65. The van der Waals surface area contributed by atoms with Crippen molar-refractivity contribution in [3.63, 3.8) is 0 Å². The smallest absolute Gasteiger partial charge is 0.305 e. The molecule has 1 atom stereocenters. The van der Waals surface area contributed by atoms with Gasteiger partial charge < -0.3 is 4.98 Å². The Morgan fingerprint density at radius 2 is 1.95 bits per heavy atom. The van der Waals surface area contributed by atoms with Gasteiger partial charge in [-0.2, -0.15) is 0 Å². The normalized spacial score (nSPS) is 13.3. The molecule has 1 aromatic carbocycles. The van der Waals surface area contributed by atoms with E-state index in [2.05, 4.69) is 9.71 Å². The Bertz CT molecular complexity index is 791. The Hall–Kier alpha value is -1.44. The molecule has 7 heteroatoms. The van der Waals surface area contributed by atoms with Gasteiger partial charge in [0.25, 0.3) is 10.0 Å². The average Bonchev–Trinajstić information content (AvgIpc) is 2.71. The minimum Gasteiger partial charge on any atom is -0.315 e. The lowest BCUT2D eigenvalue weighted by Crippen LogP contribution is -2.34. The van der Waals surface area contributed by atoms with Gasteiger partial charge >= 0.3 is 4.87 Å². The van der Waals surface area contributed by atoms with Gasteiger partial charge in [-0.1, -0.05) is 35.6 Å². The second-order valence-corrected chi connectivity index (χ2v) is 7.97. The Morgan fingerprint density at radius 1 is 1.29 bits per heavy atom. The van der Waals surface area contributed by atoms with Crippen molar-refractivity contribution in [2.24, 2.45) is 0 Å². The maximum absolute atomic E-state index is 12.3. The van der Waals surface area contributed by atoms with Crippen molar-refractivity contribution in [1.82, 2.24) is 9.71 Å². The predicted octanol–water partition coefficient (Wildman–Crippen LogP) is 1.96. The third kappa shape index (κ3) is 3.81. The summed E-state index contributed by atoms with van der Waals surface area (Å²) in [5, 5.41) is 0. The van der Waals surface area contributed by atoms with Crippen LogP contribution >= 0.6 is 11.3 Å². The van der Waals surface area contributed by atoms with E-state index in [-0.39, 0.29) is 15.1 Å². The zero-order valence-corrected chi connectivity index (χ0v) is 13.8. The Labute approximate surface area is 128 Å². The highest BCUT2D eigenvalue weighted by Crippen LogP contribution is 2.17. The molecular formula is C14H18N2O3S2. The number of nitrogens with one attached hydrogen (secondary N) is 2. The van der Waals surface area contributed by atoms with Gasteiger partial charge in [0, 0.05) is 11.7 Å². The fraction of sp³-hybridized carbons (Fsp3) is 0.357. The van der Waals surface area contributed by atoms with Crippen molar-refractivity contribution in [3.05, 3.63) is 50.8 Å².